The Morgan fingerprint density at radius 1 is 1.30 bits per heavy atom. The van der Waals surface area contributed by atoms with Crippen LogP contribution in [0.25, 0.3) is 0 Å². The molecule has 1 fully saturated rings. The van der Waals surface area contributed by atoms with Crippen LogP contribution < -0.4 is 29.6 Å². The molecule has 0 spiro atoms. The van der Waals surface area contributed by atoms with Gasteiger partial charge in [0.1, 0.15) is 0 Å². The summed E-state index contributed by atoms with van der Waals surface area (Å²) in [5.41, 5.74) is 0. The summed E-state index contributed by atoms with van der Waals surface area (Å²) in [5, 5.41) is 0. The van der Waals surface area contributed by atoms with Gasteiger partial charge in [-0.1, -0.05) is 0 Å². The summed E-state index contributed by atoms with van der Waals surface area (Å²) >= 11 is 0. The summed E-state index contributed by atoms with van der Waals surface area (Å²) in [4.78, 5) is 2.39. The standard InChI is InChI=1S/C7H14NO.Na/c1-2-3-8-4-6-9-7-5-8;/h1-7H2;/q-1;+1. The molecule has 1 aliphatic heterocycles. The SMILES string of the molecule is [CH2-]CCN1CCOCC1.[Na+]. The molecule has 0 aliphatic carbocycles. The summed E-state index contributed by atoms with van der Waals surface area (Å²) in [5.74, 6) is 0. The third kappa shape index (κ3) is 3.94. The molecule has 0 bridgehead atoms. The van der Waals surface area contributed by atoms with Gasteiger partial charge in [-0.2, -0.15) is 6.42 Å². The number of ether oxygens (including phenoxy) is 1. The molecule has 0 amide bonds. The van der Waals surface area contributed by atoms with Crippen molar-refractivity contribution in [3.8, 4) is 0 Å². The van der Waals surface area contributed by atoms with Crippen LogP contribution in [0.2, 0.25) is 0 Å². The quantitative estimate of drug-likeness (QED) is 0.321. The van der Waals surface area contributed by atoms with E-state index in [1.807, 2.05) is 0 Å². The minimum absolute atomic E-state index is 0. The zero-order chi connectivity index (χ0) is 6.53. The summed E-state index contributed by atoms with van der Waals surface area (Å²) in [7, 11) is 0. The van der Waals surface area contributed by atoms with Gasteiger partial charge in [0.15, 0.2) is 0 Å². The van der Waals surface area contributed by atoms with Gasteiger partial charge in [-0.3, -0.25) is 0 Å². The fraction of sp³-hybridized carbons (Fsp3) is 0.857. The van der Waals surface area contributed by atoms with Crippen molar-refractivity contribution >= 4 is 0 Å². The fourth-order valence-corrected chi connectivity index (χ4v) is 1.05. The first-order chi connectivity index (χ1) is 4.43. The van der Waals surface area contributed by atoms with Gasteiger partial charge in [-0.05, 0) is 6.54 Å². The molecule has 1 rings (SSSR count). The van der Waals surface area contributed by atoms with Crippen molar-refractivity contribution in [2.24, 2.45) is 0 Å². The Hall–Kier alpha value is 0.920. The maximum atomic E-state index is 5.18. The minimum Gasteiger partial charge on any atom is -0.379 e. The van der Waals surface area contributed by atoms with Gasteiger partial charge in [0.2, 0.25) is 0 Å². The van der Waals surface area contributed by atoms with Crippen molar-refractivity contribution in [3.63, 3.8) is 0 Å². The molecular weight excluding hydrogens is 137 g/mol. The number of morpholine rings is 1. The fourth-order valence-electron chi connectivity index (χ4n) is 1.05. The summed E-state index contributed by atoms with van der Waals surface area (Å²) in [6.07, 6.45) is 1.01. The molecule has 0 N–H and O–H groups in total. The van der Waals surface area contributed by atoms with E-state index in [0.717, 1.165) is 39.3 Å². The molecular formula is C7H14NNaO. The van der Waals surface area contributed by atoms with E-state index in [-0.39, 0.29) is 29.6 Å². The topological polar surface area (TPSA) is 12.5 Å². The van der Waals surface area contributed by atoms with Crippen LogP contribution in [0.1, 0.15) is 6.42 Å². The Labute approximate surface area is 85.2 Å². The van der Waals surface area contributed by atoms with Crippen molar-refractivity contribution in [1.82, 2.24) is 4.90 Å². The van der Waals surface area contributed by atoms with Crippen molar-refractivity contribution in [2.75, 3.05) is 32.8 Å². The molecule has 54 valence electrons. The summed E-state index contributed by atoms with van der Waals surface area (Å²) in [6.45, 7) is 8.92. The molecule has 0 saturated carbocycles. The van der Waals surface area contributed by atoms with Crippen molar-refractivity contribution in [3.05, 3.63) is 6.92 Å². The van der Waals surface area contributed by atoms with Gasteiger partial charge in [0, 0.05) is 13.1 Å². The van der Waals surface area contributed by atoms with Gasteiger partial charge in [-0.15, -0.1) is 0 Å². The molecule has 1 aliphatic rings. The molecule has 1 heterocycles. The first-order valence-corrected chi connectivity index (χ1v) is 3.53. The molecule has 1 saturated heterocycles. The number of rotatable bonds is 2. The van der Waals surface area contributed by atoms with E-state index in [1.54, 1.807) is 0 Å². The molecule has 10 heavy (non-hydrogen) atoms. The molecule has 0 atom stereocenters. The number of hydrogen-bond acceptors (Lipinski definition) is 2. The first-order valence-electron chi connectivity index (χ1n) is 3.53. The Morgan fingerprint density at radius 2 is 1.90 bits per heavy atom. The average Bonchev–Trinajstić information content (AvgIpc) is 1.91. The molecule has 0 radical (unpaired) electrons. The van der Waals surface area contributed by atoms with Gasteiger partial charge in [-0.25, -0.2) is 0 Å². The second-order valence-corrected chi connectivity index (χ2v) is 2.31. The Bertz CT molecular complexity index is 71.3. The third-order valence-corrected chi connectivity index (χ3v) is 1.58. The van der Waals surface area contributed by atoms with E-state index >= 15 is 0 Å². The molecule has 0 aromatic rings. The van der Waals surface area contributed by atoms with Crippen LogP contribution in [0.4, 0.5) is 0 Å². The molecule has 3 heteroatoms. The maximum Gasteiger partial charge on any atom is 1.00 e. The minimum atomic E-state index is 0. The van der Waals surface area contributed by atoms with Crippen LogP contribution in [0.5, 0.6) is 0 Å². The summed E-state index contributed by atoms with van der Waals surface area (Å²) in [6, 6.07) is 0. The third-order valence-electron chi connectivity index (χ3n) is 1.58. The Balaban J connectivity index is 0.000000810. The van der Waals surface area contributed by atoms with Gasteiger partial charge < -0.3 is 16.6 Å². The first kappa shape index (κ1) is 10.9. The summed E-state index contributed by atoms with van der Waals surface area (Å²) < 4.78 is 5.18. The van der Waals surface area contributed by atoms with Crippen LogP contribution in [0, 0.1) is 6.92 Å². The largest absolute Gasteiger partial charge is 1.00 e. The van der Waals surface area contributed by atoms with Crippen LogP contribution >= 0.6 is 0 Å². The monoisotopic (exact) mass is 151 g/mol. The van der Waals surface area contributed by atoms with Crippen molar-refractivity contribution < 1.29 is 34.3 Å². The number of nitrogens with zero attached hydrogens (tertiary/aromatic N) is 1. The zero-order valence-electron chi connectivity index (χ0n) is 6.81. The van der Waals surface area contributed by atoms with E-state index in [0.29, 0.717) is 0 Å². The second kappa shape index (κ2) is 6.62. The van der Waals surface area contributed by atoms with Crippen LogP contribution in [0.15, 0.2) is 0 Å². The Kier molecular flexibility index (Phi) is 7.23. The van der Waals surface area contributed by atoms with E-state index in [1.165, 1.54) is 0 Å². The normalized spacial score (nSPS) is 20.1. The van der Waals surface area contributed by atoms with Gasteiger partial charge in [0.05, 0.1) is 13.2 Å². The predicted molar refractivity (Wildman–Crippen MR) is 37.2 cm³/mol. The Morgan fingerprint density at radius 3 is 2.40 bits per heavy atom. The zero-order valence-corrected chi connectivity index (χ0v) is 8.81. The van der Waals surface area contributed by atoms with Crippen molar-refractivity contribution in [1.29, 1.82) is 0 Å². The molecule has 0 aromatic carbocycles. The van der Waals surface area contributed by atoms with Crippen LogP contribution in [-0.2, 0) is 4.74 Å². The van der Waals surface area contributed by atoms with E-state index < -0.39 is 0 Å². The van der Waals surface area contributed by atoms with Crippen molar-refractivity contribution in [2.45, 2.75) is 6.42 Å². The maximum absolute atomic E-state index is 5.18. The van der Waals surface area contributed by atoms with Gasteiger partial charge >= 0.3 is 29.6 Å². The predicted octanol–water partition coefficient (Wildman–Crippen LogP) is -2.45. The molecule has 0 unspecified atom stereocenters. The van der Waals surface area contributed by atoms with Crippen LogP contribution in [-0.4, -0.2) is 37.7 Å². The van der Waals surface area contributed by atoms with E-state index in [2.05, 4.69) is 11.8 Å². The van der Waals surface area contributed by atoms with E-state index in [9.17, 15) is 0 Å². The second-order valence-electron chi connectivity index (χ2n) is 2.31. The molecule has 2 nitrogen and oxygen atoms in total. The smallest absolute Gasteiger partial charge is 0.379 e. The average molecular weight is 151 g/mol. The molecule has 0 aromatic heterocycles. The van der Waals surface area contributed by atoms with Crippen LogP contribution in [0.3, 0.4) is 0 Å². The van der Waals surface area contributed by atoms with E-state index in [4.69, 9.17) is 4.74 Å². The van der Waals surface area contributed by atoms with Gasteiger partial charge in [0.25, 0.3) is 0 Å². The number of hydrogen-bond donors (Lipinski definition) is 0.